The van der Waals surface area contributed by atoms with E-state index >= 15 is 0 Å². The second kappa shape index (κ2) is 6.59. The van der Waals surface area contributed by atoms with E-state index in [-0.39, 0.29) is 12.5 Å². The number of hydrogen-bond donors (Lipinski definition) is 1. The van der Waals surface area contributed by atoms with Crippen molar-refractivity contribution in [1.82, 2.24) is 5.32 Å². The van der Waals surface area contributed by atoms with Gasteiger partial charge in [-0.2, -0.15) is 0 Å². The van der Waals surface area contributed by atoms with Gasteiger partial charge in [0.05, 0.1) is 13.1 Å². The first-order valence-electron chi connectivity index (χ1n) is 5.67. The molecule has 0 fully saturated rings. The first kappa shape index (κ1) is 13.1. The summed E-state index contributed by atoms with van der Waals surface area (Å²) in [5, 5.41) is 2.64. The molecule has 1 amide bonds. The summed E-state index contributed by atoms with van der Waals surface area (Å²) in [6.07, 6.45) is 6.09. The van der Waals surface area contributed by atoms with Crippen molar-refractivity contribution in [2.45, 2.75) is 13.3 Å². The number of rotatable bonds is 5. The van der Waals surface area contributed by atoms with Crippen LogP contribution in [-0.2, 0) is 11.2 Å². The van der Waals surface area contributed by atoms with Crippen molar-refractivity contribution in [3.8, 4) is 12.3 Å². The Labute approximate surface area is 103 Å². The number of anilines is 1. The highest BCUT2D eigenvalue weighted by atomic mass is 16.1. The maximum absolute atomic E-state index is 11.5. The molecule has 0 aliphatic heterocycles. The molecule has 0 aliphatic rings. The fourth-order valence-corrected chi connectivity index (χ4v) is 1.50. The average Bonchev–Trinajstić information content (AvgIpc) is 2.36. The summed E-state index contributed by atoms with van der Waals surface area (Å²) in [5.74, 6) is 2.31. The number of carbonyl (C=O) groups excluding carboxylic acids is 1. The molecule has 0 radical (unpaired) electrons. The summed E-state index contributed by atoms with van der Waals surface area (Å²) in [7, 11) is 1.89. The van der Waals surface area contributed by atoms with E-state index in [2.05, 4.69) is 30.3 Å². The molecule has 1 rings (SSSR count). The fourth-order valence-electron chi connectivity index (χ4n) is 1.50. The van der Waals surface area contributed by atoms with Gasteiger partial charge in [0.1, 0.15) is 0 Å². The van der Waals surface area contributed by atoms with Crippen LogP contribution < -0.4 is 10.2 Å². The van der Waals surface area contributed by atoms with Crippen molar-refractivity contribution >= 4 is 11.6 Å². The second-order valence-corrected chi connectivity index (χ2v) is 3.86. The monoisotopic (exact) mass is 230 g/mol. The van der Waals surface area contributed by atoms with Gasteiger partial charge in [-0.1, -0.05) is 25.0 Å². The molecular formula is C14H18N2O. The lowest BCUT2D eigenvalue weighted by Gasteiger charge is -2.18. The van der Waals surface area contributed by atoms with Gasteiger partial charge in [0.15, 0.2) is 0 Å². The Bertz CT molecular complexity index is 403. The van der Waals surface area contributed by atoms with Gasteiger partial charge in [-0.3, -0.25) is 4.79 Å². The fraction of sp³-hybridized carbons (Fsp3) is 0.357. The van der Waals surface area contributed by atoms with Gasteiger partial charge in [-0.25, -0.2) is 0 Å². The molecule has 0 aliphatic carbocycles. The average molecular weight is 230 g/mol. The summed E-state index contributed by atoms with van der Waals surface area (Å²) in [4.78, 5) is 13.4. The van der Waals surface area contributed by atoms with Gasteiger partial charge < -0.3 is 10.2 Å². The van der Waals surface area contributed by atoms with E-state index in [0.29, 0.717) is 6.54 Å². The topological polar surface area (TPSA) is 32.3 Å². The number of terminal acetylenes is 1. The summed E-state index contributed by atoms with van der Waals surface area (Å²) in [5.41, 5.74) is 2.32. The highest BCUT2D eigenvalue weighted by molar-refractivity contribution is 5.81. The van der Waals surface area contributed by atoms with E-state index in [9.17, 15) is 4.79 Å². The Morgan fingerprint density at radius 1 is 1.41 bits per heavy atom. The predicted molar refractivity (Wildman–Crippen MR) is 70.9 cm³/mol. The largest absolute Gasteiger partial charge is 0.365 e. The molecule has 0 saturated carbocycles. The first-order chi connectivity index (χ1) is 8.17. The lowest BCUT2D eigenvalue weighted by atomic mass is 10.1. The number of carbonyl (C=O) groups is 1. The molecule has 0 heterocycles. The molecule has 90 valence electrons. The Hall–Kier alpha value is -1.95. The van der Waals surface area contributed by atoms with Gasteiger partial charge in [0, 0.05) is 12.7 Å². The van der Waals surface area contributed by atoms with Gasteiger partial charge >= 0.3 is 0 Å². The minimum Gasteiger partial charge on any atom is -0.365 e. The molecule has 1 N–H and O–H groups in total. The molecule has 0 saturated heterocycles. The maximum atomic E-state index is 11.5. The number of aryl methyl sites for hydroxylation is 1. The van der Waals surface area contributed by atoms with E-state index in [1.54, 1.807) is 0 Å². The molecule has 0 unspecified atom stereocenters. The van der Waals surface area contributed by atoms with Gasteiger partial charge in [-0.15, -0.1) is 6.42 Å². The normalized spacial score (nSPS) is 9.47. The molecule has 0 atom stereocenters. The molecular weight excluding hydrogens is 212 g/mol. The van der Waals surface area contributed by atoms with Crippen LogP contribution in [0.2, 0.25) is 0 Å². The third-order valence-corrected chi connectivity index (χ3v) is 2.55. The standard InChI is InChI=1S/C14H18N2O/c1-4-10-15-14(17)11-16(3)13-8-6-12(5-2)7-9-13/h1,6-9H,5,10-11H2,2-3H3,(H,15,17). The van der Waals surface area contributed by atoms with Gasteiger partial charge in [-0.05, 0) is 24.1 Å². The molecule has 0 bridgehead atoms. The zero-order chi connectivity index (χ0) is 12.7. The molecule has 1 aromatic rings. The van der Waals surface area contributed by atoms with Crippen molar-refractivity contribution in [3.05, 3.63) is 29.8 Å². The Morgan fingerprint density at radius 3 is 2.59 bits per heavy atom. The van der Waals surface area contributed by atoms with Crippen molar-refractivity contribution in [1.29, 1.82) is 0 Å². The van der Waals surface area contributed by atoms with E-state index in [4.69, 9.17) is 6.42 Å². The zero-order valence-corrected chi connectivity index (χ0v) is 10.4. The van der Waals surface area contributed by atoms with Crippen LogP contribution in [-0.4, -0.2) is 26.0 Å². The smallest absolute Gasteiger partial charge is 0.240 e. The van der Waals surface area contributed by atoms with E-state index in [1.807, 2.05) is 24.1 Å². The van der Waals surface area contributed by atoms with E-state index in [0.717, 1.165) is 12.1 Å². The van der Waals surface area contributed by atoms with Crippen LogP contribution >= 0.6 is 0 Å². The number of nitrogens with one attached hydrogen (secondary N) is 1. The summed E-state index contributed by atoms with van der Waals surface area (Å²) in [6.45, 7) is 2.71. The van der Waals surface area contributed by atoms with Crippen molar-refractivity contribution in [3.63, 3.8) is 0 Å². The third-order valence-electron chi connectivity index (χ3n) is 2.55. The third kappa shape index (κ3) is 4.20. The van der Waals surface area contributed by atoms with Crippen molar-refractivity contribution < 1.29 is 4.79 Å². The van der Waals surface area contributed by atoms with Crippen LogP contribution in [0, 0.1) is 12.3 Å². The molecule has 17 heavy (non-hydrogen) atoms. The minimum atomic E-state index is -0.0648. The van der Waals surface area contributed by atoms with Crippen LogP contribution in [0.15, 0.2) is 24.3 Å². The van der Waals surface area contributed by atoms with E-state index < -0.39 is 0 Å². The van der Waals surface area contributed by atoms with Gasteiger partial charge in [0.2, 0.25) is 5.91 Å². The lowest BCUT2D eigenvalue weighted by Crippen LogP contribution is -2.35. The SMILES string of the molecule is C#CCNC(=O)CN(C)c1ccc(CC)cc1. The molecule has 0 spiro atoms. The predicted octanol–water partition coefficient (Wildman–Crippen LogP) is 1.43. The molecule has 0 aromatic heterocycles. The van der Waals surface area contributed by atoms with Gasteiger partial charge in [0.25, 0.3) is 0 Å². The Balaban J connectivity index is 2.54. The van der Waals surface area contributed by atoms with Crippen LogP contribution in [0.25, 0.3) is 0 Å². The minimum absolute atomic E-state index is 0.0648. The highest BCUT2D eigenvalue weighted by Gasteiger charge is 2.06. The molecule has 3 nitrogen and oxygen atoms in total. The van der Waals surface area contributed by atoms with Crippen molar-refractivity contribution in [2.24, 2.45) is 0 Å². The summed E-state index contributed by atoms with van der Waals surface area (Å²) in [6, 6.07) is 8.19. The number of hydrogen-bond acceptors (Lipinski definition) is 2. The number of amides is 1. The second-order valence-electron chi connectivity index (χ2n) is 3.86. The first-order valence-corrected chi connectivity index (χ1v) is 5.67. The van der Waals surface area contributed by atoms with Crippen LogP contribution in [0.3, 0.4) is 0 Å². The molecule has 3 heteroatoms. The zero-order valence-electron chi connectivity index (χ0n) is 10.4. The van der Waals surface area contributed by atoms with Crippen LogP contribution in [0.5, 0.6) is 0 Å². The Morgan fingerprint density at radius 2 is 2.06 bits per heavy atom. The Kier molecular flexibility index (Phi) is 5.09. The molecule has 1 aromatic carbocycles. The lowest BCUT2D eigenvalue weighted by molar-refractivity contribution is -0.119. The quantitative estimate of drug-likeness (QED) is 0.776. The number of benzene rings is 1. The van der Waals surface area contributed by atoms with Crippen molar-refractivity contribution in [2.75, 3.05) is 25.0 Å². The summed E-state index contributed by atoms with van der Waals surface area (Å²) < 4.78 is 0. The maximum Gasteiger partial charge on any atom is 0.240 e. The highest BCUT2D eigenvalue weighted by Crippen LogP contribution is 2.13. The number of nitrogens with zero attached hydrogens (tertiary/aromatic N) is 1. The number of likely N-dealkylation sites (N-methyl/N-ethyl adjacent to an activating group) is 1. The van der Waals surface area contributed by atoms with Crippen LogP contribution in [0.1, 0.15) is 12.5 Å². The summed E-state index contributed by atoms with van der Waals surface area (Å²) >= 11 is 0. The van der Waals surface area contributed by atoms with E-state index in [1.165, 1.54) is 5.56 Å². The van der Waals surface area contributed by atoms with Crippen LogP contribution in [0.4, 0.5) is 5.69 Å².